The number of aliphatic hydroxyl groups excluding tert-OH is 1. The van der Waals surface area contributed by atoms with Crippen LogP contribution in [-0.2, 0) is 6.42 Å². The number of hydrogen-bond donors (Lipinski definition) is 2. The minimum absolute atomic E-state index is 0.0195. The van der Waals surface area contributed by atoms with Crippen molar-refractivity contribution in [2.45, 2.75) is 12.5 Å². The maximum Gasteiger partial charge on any atom is 0.160 e. The summed E-state index contributed by atoms with van der Waals surface area (Å²) in [5.74, 6) is 1.37. The molecule has 0 heterocycles. The molecule has 4 nitrogen and oxygen atoms in total. The molecule has 0 aliphatic rings. The van der Waals surface area contributed by atoms with E-state index in [0.29, 0.717) is 17.9 Å². The molecule has 1 aromatic carbocycles. The Bertz CT molecular complexity index is 315. The van der Waals surface area contributed by atoms with Gasteiger partial charge in [-0.05, 0) is 24.1 Å². The van der Waals surface area contributed by atoms with Gasteiger partial charge in [-0.1, -0.05) is 6.07 Å². The van der Waals surface area contributed by atoms with Crippen molar-refractivity contribution >= 4 is 0 Å². The Morgan fingerprint density at radius 2 is 1.93 bits per heavy atom. The predicted octanol–water partition coefficient (Wildman–Crippen LogP) is 0.566. The van der Waals surface area contributed by atoms with Gasteiger partial charge in [-0.3, -0.25) is 0 Å². The molecule has 0 aliphatic carbocycles. The van der Waals surface area contributed by atoms with Crippen molar-refractivity contribution < 1.29 is 14.6 Å². The highest BCUT2D eigenvalue weighted by atomic mass is 16.5. The van der Waals surface area contributed by atoms with Crippen molar-refractivity contribution in [2.24, 2.45) is 5.73 Å². The second-order valence-electron chi connectivity index (χ2n) is 3.34. The molecule has 0 saturated carbocycles. The Morgan fingerprint density at radius 3 is 2.47 bits per heavy atom. The van der Waals surface area contributed by atoms with Gasteiger partial charge in [0.05, 0.1) is 20.8 Å². The van der Waals surface area contributed by atoms with Crippen LogP contribution >= 0.6 is 0 Å². The summed E-state index contributed by atoms with van der Waals surface area (Å²) in [6, 6.07) is 5.38. The third-order valence-corrected chi connectivity index (χ3v) is 2.18. The largest absolute Gasteiger partial charge is 0.493 e. The average Bonchev–Trinajstić information content (AvgIpc) is 2.28. The van der Waals surface area contributed by atoms with Crippen LogP contribution in [0.1, 0.15) is 5.56 Å². The average molecular weight is 211 g/mol. The Balaban J connectivity index is 2.83. The van der Waals surface area contributed by atoms with E-state index in [1.54, 1.807) is 14.2 Å². The van der Waals surface area contributed by atoms with Gasteiger partial charge in [0, 0.05) is 6.04 Å². The standard InChI is InChI=1S/C11H17NO3/c1-14-10-4-3-8(5-9(12)7-13)6-11(10)15-2/h3-4,6,9,13H,5,7,12H2,1-2H3/t9-/m0/s1. The molecule has 0 radical (unpaired) electrons. The first kappa shape index (κ1) is 11.8. The Kier molecular flexibility index (Phi) is 4.39. The first-order valence-electron chi connectivity index (χ1n) is 4.78. The van der Waals surface area contributed by atoms with E-state index in [4.69, 9.17) is 20.3 Å². The van der Waals surface area contributed by atoms with Crippen molar-refractivity contribution in [1.29, 1.82) is 0 Å². The second kappa shape index (κ2) is 5.58. The van der Waals surface area contributed by atoms with Crippen LogP contribution in [0.25, 0.3) is 0 Å². The van der Waals surface area contributed by atoms with Crippen LogP contribution in [-0.4, -0.2) is 32.0 Å². The van der Waals surface area contributed by atoms with Gasteiger partial charge in [-0.2, -0.15) is 0 Å². The molecule has 0 saturated heterocycles. The first-order valence-corrected chi connectivity index (χ1v) is 4.78. The highest BCUT2D eigenvalue weighted by Gasteiger charge is 2.07. The molecular formula is C11H17NO3. The van der Waals surface area contributed by atoms with Crippen LogP contribution < -0.4 is 15.2 Å². The molecule has 3 N–H and O–H groups in total. The highest BCUT2D eigenvalue weighted by Crippen LogP contribution is 2.27. The van der Waals surface area contributed by atoms with E-state index < -0.39 is 0 Å². The number of benzene rings is 1. The molecule has 0 unspecified atom stereocenters. The number of hydrogen-bond acceptors (Lipinski definition) is 4. The molecule has 0 aliphatic heterocycles. The number of nitrogens with two attached hydrogens (primary N) is 1. The normalized spacial score (nSPS) is 12.3. The third-order valence-electron chi connectivity index (χ3n) is 2.18. The van der Waals surface area contributed by atoms with Gasteiger partial charge in [0.2, 0.25) is 0 Å². The van der Waals surface area contributed by atoms with Crippen LogP contribution in [0, 0.1) is 0 Å². The van der Waals surface area contributed by atoms with E-state index in [1.807, 2.05) is 18.2 Å². The number of aliphatic hydroxyl groups is 1. The van der Waals surface area contributed by atoms with Gasteiger partial charge in [-0.25, -0.2) is 0 Å². The lowest BCUT2D eigenvalue weighted by Crippen LogP contribution is -2.26. The van der Waals surface area contributed by atoms with Crippen LogP contribution in [0.2, 0.25) is 0 Å². The van der Waals surface area contributed by atoms with E-state index >= 15 is 0 Å². The second-order valence-corrected chi connectivity index (χ2v) is 3.34. The fourth-order valence-electron chi connectivity index (χ4n) is 1.37. The highest BCUT2D eigenvalue weighted by molar-refractivity contribution is 5.43. The molecule has 4 heteroatoms. The number of ether oxygens (including phenoxy) is 2. The minimum atomic E-state index is -0.233. The molecule has 84 valence electrons. The molecule has 0 aromatic heterocycles. The van der Waals surface area contributed by atoms with Gasteiger partial charge >= 0.3 is 0 Å². The van der Waals surface area contributed by atoms with Gasteiger partial charge in [-0.15, -0.1) is 0 Å². The van der Waals surface area contributed by atoms with Crippen LogP contribution in [0.3, 0.4) is 0 Å². The summed E-state index contributed by atoms with van der Waals surface area (Å²) in [4.78, 5) is 0. The van der Waals surface area contributed by atoms with E-state index in [-0.39, 0.29) is 12.6 Å². The molecule has 0 bridgehead atoms. The monoisotopic (exact) mass is 211 g/mol. The molecule has 0 amide bonds. The molecule has 15 heavy (non-hydrogen) atoms. The maximum atomic E-state index is 8.84. The maximum absolute atomic E-state index is 8.84. The molecular weight excluding hydrogens is 194 g/mol. The smallest absolute Gasteiger partial charge is 0.160 e. The van der Waals surface area contributed by atoms with Crippen molar-refractivity contribution in [3.8, 4) is 11.5 Å². The summed E-state index contributed by atoms with van der Waals surface area (Å²) in [6.45, 7) is -0.0195. The van der Waals surface area contributed by atoms with Gasteiger partial charge in [0.1, 0.15) is 0 Å². The van der Waals surface area contributed by atoms with Crippen molar-refractivity contribution in [1.82, 2.24) is 0 Å². The zero-order chi connectivity index (χ0) is 11.3. The van der Waals surface area contributed by atoms with E-state index in [9.17, 15) is 0 Å². The van der Waals surface area contributed by atoms with E-state index in [1.165, 1.54) is 0 Å². The Labute approximate surface area is 89.6 Å². The van der Waals surface area contributed by atoms with Crippen LogP contribution in [0.15, 0.2) is 18.2 Å². The van der Waals surface area contributed by atoms with Crippen LogP contribution in [0.4, 0.5) is 0 Å². The molecule has 0 spiro atoms. The lowest BCUT2D eigenvalue weighted by atomic mass is 10.1. The van der Waals surface area contributed by atoms with Crippen molar-refractivity contribution in [2.75, 3.05) is 20.8 Å². The molecule has 1 aromatic rings. The van der Waals surface area contributed by atoms with E-state index in [2.05, 4.69) is 0 Å². The quantitative estimate of drug-likeness (QED) is 0.747. The Hall–Kier alpha value is -1.26. The molecule has 1 rings (SSSR count). The first-order chi connectivity index (χ1) is 7.21. The summed E-state index contributed by atoms with van der Waals surface area (Å²) in [6.07, 6.45) is 0.622. The summed E-state index contributed by atoms with van der Waals surface area (Å²) >= 11 is 0. The SMILES string of the molecule is COc1ccc(C[C@H](N)CO)cc1OC. The number of rotatable bonds is 5. The summed E-state index contributed by atoms with van der Waals surface area (Å²) < 4.78 is 10.3. The fraction of sp³-hybridized carbons (Fsp3) is 0.455. The van der Waals surface area contributed by atoms with E-state index in [0.717, 1.165) is 5.56 Å². The lowest BCUT2D eigenvalue weighted by Gasteiger charge is -2.11. The lowest BCUT2D eigenvalue weighted by molar-refractivity contribution is 0.265. The summed E-state index contributed by atoms with van der Waals surface area (Å²) in [5.41, 5.74) is 6.67. The summed E-state index contributed by atoms with van der Waals surface area (Å²) in [5, 5.41) is 8.84. The predicted molar refractivity (Wildman–Crippen MR) is 58.3 cm³/mol. The zero-order valence-corrected chi connectivity index (χ0v) is 9.06. The van der Waals surface area contributed by atoms with Crippen molar-refractivity contribution in [3.63, 3.8) is 0 Å². The van der Waals surface area contributed by atoms with Crippen LogP contribution in [0.5, 0.6) is 11.5 Å². The fourth-order valence-corrected chi connectivity index (χ4v) is 1.37. The molecule has 1 atom stereocenters. The number of methoxy groups -OCH3 is 2. The van der Waals surface area contributed by atoms with Crippen molar-refractivity contribution in [3.05, 3.63) is 23.8 Å². The zero-order valence-electron chi connectivity index (χ0n) is 9.06. The summed E-state index contributed by atoms with van der Waals surface area (Å²) in [7, 11) is 3.19. The topological polar surface area (TPSA) is 64.7 Å². The molecule has 0 fully saturated rings. The third kappa shape index (κ3) is 3.11. The Morgan fingerprint density at radius 1 is 1.27 bits per heavy atom. The van der Waals surface area contributed by atoms with Gasteiger partial charge < -0.3 is 20.3 Å². The van der Waals surface area contributed by atoms with Gasteiger partial charge in [0.15, 0.2) is 11.5 Å². The van der Waals surface area contributed by atoms with Gasteiger partial charge in [0.25, 0.3) is 0 Å². The minimum Gasteiger partial charge on any atom is -0.493 e.